The van der Waals surface area contributed by atoms with Crippen LogP contribution < -0.4 is 4.74 Å². The van der Waals surface area contributed by atoms with Crippen molar-refractivity contribution in [2.24, 2.45) is 5.92 Å². The highest BCUT2D eigenvalue weighted by Crippen LogP contribution is 2.31. The highest BCUT2D eigenvalue weighted by Gasteiger charge is 2.28. The molecule has 1 N–H and O–H groups in total. The van der Waals surface area contributed by atoms with E-state index in [1.54, 1.807) is 7.11 Å². The summed E-state index contributed by atoms with van der Waals surface area (Å²) >= 11 is 0. The number of benzene rings is 1. The van der Waals surface area contributed by atoms with Crippen molar-refractivity contribution >= 4 is 20.7 Å². The number of aromatic amines is 1. The van der Waals surface area contributed by atoms with Gasteiger partial charge >= 0.3 is 0 Å². The van der Waals surface area contributed by atoms with Gasteiger partial charge in [-0.15, -0.1) is 0 Å². The van der Waals surface area contributed by atoms with Gasteiger partial charge in [0.25, 0.3) is 0 Å². The molecule has 1 atom stereocenters. The lowest BCUT2D eigenvalue weighted by Gasteiger charge is -2.28. The predicted molar refractivity (Wildman–Crippen MR) is 95.2 cm³/mol. The Morgan fingerprint density at radius 2 is 2.25 bits per heavy atom. The maximum absolute atomic E-state index is 11.6. The van der Waals surface area contributed by atoms with Crippen LogP contribution in [0.4, 0.5) is 0 Å². The van der Waals surface area contributed by atoms with E-state index in [4.69, 9.17) is 4.74 Å². The van der Waals surface area contributed by atoms with Crippen LogP contribution in [0.25, 0.3) is 10.9 Å². The van der Waals surface area contributed by atoms with E-state index < -0.39 is 9.84 Å². The molecule has 2 aliphatic rings. The molecule has 0 radical (unpaired) electrons. The fourth-order valence-electron chi connectivity index (χ4n) is 4.03. The molecule has 1 aromatic carbocycles. The minimum atomic E-state index is -2.76. The van der Waals surface area contributed by atoms with Gasteiger partial charge in [0.05, 0.1) is 18.6 Å². The summed E-state index contributed by atoms with van der Waals surface area (Å²) in [4.78, 5) is 5.99. The van der Waals surface area contributed by atoms with E-state index in [1.165, 1.54) is 22.2 Å². The van der Waals surface area contributed by atoms with Gasteiger partial charge in [-0.25, -0.2) is 8.42 Å². The molecule has 2 aromatic rings. The molecule has 1 unspecified atom stereocenters. The average molecular weight is 348 g/mol. The smallest absolute Gasteiger partial charge is 0.150 e. The van der Waals surface area contributed by atoms with E-state index in [-0.39, 0.29) is 0 Å². The molecule has 3 heterocycles. The van der Waals surface area contributed by atoms with Gasteiger partial charge in [-0.2, -0.15) is 0 Å². The Bertz CT molecular complexity index is 857. The quantitative estimate of drug-likeness (QED) is 0.921. The van der Waals surface area contributed by atoms with Crippen LogP contribution in [-0.2, 0) is 22.8 Å². The first-order chi connectivity index (χ1) is 11.5. The molecule has 0 bridgehead atoms. The summed E-state index contributed by atoms with van der Waals surface area (Å²) in [5.74, 6) is 2.00. The van der Waals surface area contributed by atoms with Crippen molar-refractivity contribution in [1.29, 1.82) is 0 Å². The van der Waals surface area contributed by atoms with Gasteiger partial charge in [-0.1, -0.05) is 0 Å². The second kappa shape index (κ2) is 6.08. The monoisotopic (exact) mass is 348 g/mol. The average Bonchev–Trinajstić information content (AvgIpc) is 3.11. The zero-order chi connectivity index (χ0) is 16.7. The number of hydrogen-bond acceptors (Lipinski definition) is 4. The Kier molecular flexibility index (Phi) is 4.04. The summed E-state index contributed by atoms with van der Waals surface area (Å²) in [7, 11) is -1.07. The molecule has 24 heavy (non-hydrogen) atoms. The summed E-state index contributed by atoms with van der Waals surface area (Å²) in [6.07, 6.45) is 2.85. The van der Waals surface area contributed by atoms with Crippen molar-refractivity contribution in [3.63, 3.8) is 0 Å². The highest BCUT2D eigenvalue weighted by atomic mass is 32.2. The third-order valence-corrected chi connectivity index (χ3v) is 7.28. The van der Waals surface area contributed by atoms with Crippen LogP contribution in [0.15, 0.2) is 18.2 Å². The first-order valence-corrected chi connectivity index (χ1v) is 10.5. The van der Waals surface area contributed by atoms with Crippen LogP contribution in [0.5, 0.6) is 5.75 Å². The van der Waals surface area contributed by atoms with Gasteiger partial charge in [-0.05, 0) is 49.1 Å². The van der Waals surface area contributed by atoms with Crippen molar-refractivity contribution in [1.82, 2.24) is 9.88 Å². The van der Waals surface area contributed by atoms with Crippen LogP contribution >= 0.6 is 0 Å². The summed E-state index contributed by atoms with van der Waals surface area (Å²) in [6.45, 7) is 2.95. The Morgan fingerprint density at radius 1 is 1.38 bits per heavy atom. The summed E-state index contributed by atoms with van der Waals surface area (Å²) in [6, 6.07) is 6.18. The number of nitrogens with zero attached hydrogens (tertiary/aromatic N) is 1. The minimum Gasteiger partial charge on any atom is -0.497 e. The van der Waals surface area contributed by atoms with Crippen molar-refractivity contribution < 1.29 is 13.2 Å². The maximum Gasteiger partial charge on any atom is 0.150 e. The molecule has 1 aromatic heterocycles. The third kappa shape index (κ3) is 3.05. The molecule has 5 nitrogen and oxygen atoms in total. The third-order valence-electron chi connectivity index (χ3n) is 5.44. The second-order valence-corrected chi connectivity index (χ2v) is 9.31. The highest BCUT2D eigenvalue weighted by molar-refractivity contribution is 7.91. The molecule has 2 aliphatic heterocycles. The molecule has 4 rings (SSSR count). The number of methoxy groups -OCH3 is 1. The van der Waals surface area contributed by atoms with E-state index >= 15 is 0 Å². The van der Waals surface area contributed by atoms with Crippen LogP contribution in [-0.4, -0.2) is 50.0 Å². The van der Waals surface area contributed by atoms with Crippen LogP contribution in [0.2, 0.25) is 0 Å². The van der Waals surface area contributed by atoms with Gasteiger partial charge in [0.1, 0.15) is 5.75 Å². The van der Waals surface area contributed by atoms with Crippen LogP contribution in [0.3, 0.4) is 0 Å². The molecule has 0 aliphatic carbocycles. The molecular weight excluding hydrogens is 324 g/mol. The molecule has 1 saturated heterocycles. The standard InChI is InChI=1S/C18H24N2O3S/c1-23-14-2-3-17-15(10-14)16-11-20(8-5-18(16)19-17)7-4-13-6-9-24(21,22)12-13/h2-3,10,13,19H,4-9,11-12H2,1H3. The molecule has 0 saturated carbocycles. The zero-order valence-corrected chi connectivity index (χ0v) is 14.9. The lowest BCUT2D eigenvalue weighted by atomic mass is 10.0. The van der Waals surface area contributed by atoms with Gasteiger partial charge in [0.15, 0.2) is 9.84 Å². The zero-order valence-electron chi connectivity index (χ0n) is 14.0. The Labute approximate surface area is 142 Å². The van der Waals surface area contributed by atoms with Crippen molar-refractivity contribution in [2.75, 3.05) is 31.7 Å². The number of sulfone groups is 1. The van der Waals surface area contributed by atoms with Gasteiger partial charge < -0.3 is 9.72 Å². The first-order valence-electron chi connectivity index (χ1n) is 8.64. The first kappa shape index (κ1) is 16.0. The van der Waals surface area contributed by atoms with Crippen molar-refractivity contribution in [3.05, 3.63) is 29.5 Å². The number of nitrogens with one attached hydrogen (secondary N) is 1. The second-order valence-electron chi connectivity index (χ2n) is 7.08. The summed E-state index contributed by atoms with van der Waals surface area (Å²) < 4.78 is 28.6. The SMILES string of the molecule is COc1ccc2[nH]c3c(c2c1)CN(CCC1CCS(=O)(=O)C1)CC3. The number of aromatic nitrogens is 1. The number of rotatable bonds is 4. The summed E-state index contributed by atoms with van der Waals surface area (Å²) in [5, 5.41) is 1.25. The minimum absolute atomic E-state index is 0.347. The lowest BCUT2D eigenvalue weighted by Crippen LogP contribution is -2.32. The molecule has 0 amide bonds. The fourth-order valence-corrected chi connectivity index (χ4v) is 5.94. The Balaban J connectivity index is 1.47. The molecule has 0 spiro atoms. The number of hydrogen-bond donors (Lipinski definition) is 1. The molecular formula is C18H24N2O3S. The predicted octanol–water partition coefficient (Wildman–Crippen LogP) is 2.36. The number of fused-ring (bicyclic) bond motifs is 3. The van der Waals surface area contributed by atoms with Crippen LogP contribution in [0, 0.1) is 5.92 Å². The molecule has 6 heteroatoms. The normalized spacial score (nSPS) is 23.5. The van der Waals surface area contributed by atoms with Gasteiger partial charge in [0.2, 0.25) is 0 Å². The van der Waals surface area contributed by atoms with E-state index in [0.29, 0.717) is 17.4 Å². The number of H-pyrrole nitrogens is 1. The lowest BCUT2D eigenvalue weighted by molar-refractivity contribution is 0.237. The van der Waals surface area contributed by atoms with E-state index in [9.17, 15) is 8.42 Å². The molecule has 130 valence electrons. The van der Waals surface area contributed by atoms with Crippen LogP contribution in [0.1, 0.15) is 24.1 Å². The maximum atomic E-state index is 11.6. The number of ether oxygens (including phenoxy) is 1. The Morgan fingerprint density at radius 3 is 3.00 bits per heavy atom. The van der Waals surface area contributed by atoms with E-state index in [2.05, 4.69) is 22.0 Å². The van der Waals surface area contributed by atoms with Gasteiger partial charge in [-0.3, -0.25) is 4.90 Å². The topological polar surface area (TPSA) is 62.4 Å². The Hall–Kier alpha value is -1.53. The largest absolute Gasteiger partial charge is 0.497 e. The van der Waals surface area contributed by atoms with E-state index in [0.717, 1.165) is 44.6 Å². The molecule has 1 fully saturated rings. The van der Waals surface area contributed by atoms with E-state index in [1.807, 2.05) is 6.07 Å². The van der Waals surface area contributed by atoms with Gasteiger partial charge in [0, 0.05) is 36.1 Å². The van der Waals surface area contributed by atoms with Crippen molar-refractivity contribution in [2.45, 2.75) is 25.8 Å². The summed E-state index contributed by atoms with van der Waals surface area (Å²) in [5.41, 5.74) is 3.87. The van der Waals surface area contributed by atoms with Crippen molar-refractivity contribution in [3.8, 4) is 5.75 Å². The fraction of sp³-hybridized carbons (Fsp3) is 0.556.